The van der Waals surface area contributed by atoms with Crippen LogP contribution in [-0.4, -0.2) is 29.4 Å². The summed E-state index contributed by atoms with van der Waals surface area (Å²) in [4.78, 5) is 27.5. The molecule has 1 aliphatic rings. The van der Waals surface area contributed by atoms with Crippen LogP contribution < -0.4 is 10.1 Å². The first-order valence-electron chi connectivity index (χ1n) is 10.8. The van der Waals surface area contributed by atoms with E-state index in [0.717, 1.165) is 11.1 Å². The highest BCUT2D eigenvalue weighted by molar-refractivity contribution is 6.34. The van der Waals surface area contributed by atoms with Crippen molar-refractivity contribution in [3.63, 3.8) is 0 Å². The van der Waals surface area contributed by atoms with Crippen molar-refractivity contribution in [2.75, 3.05) is 11.9 Å². The summed E-state index contributed by atoms with van der Waals surface area (Å²) in [6.45, 7) is 2.73. The van der Waals surface area contributed by atoms with Crippen LogP contribution in [0, 0.1) is 5.82 Å². The third kappa shape index (κ3) is 5.34. The quantitative estimate of drug-likeness (QED) is 0.523. The predicted octanol–water partition coefficient (Wildman–Crippen LogP) is 5.47. The smallest absolute Gasteiger partial charge is 0.263 e. The van der Waals surface area contributed by atoms with Gasteiger partial charge in [-0.05, 0) is 60.9 Å². The zero-order valence-corrected chi connectivity index (χ0v) is 18.9. The van der Waals surface area contributed by atoms with E-state index in [-0.39, 0.29) is 17.6 Å². The van der Waals surface area contributed by atoms with Crippen LogP contribution in [0.15, 0.2) is 66.7 Å². The van der Waals surface area contributed by atoms with Crippen LogP contribution >= 0.6 is 11.6 Å². The number of nitrogens with zero attached hydrogens (tertiary/aromatic N) is 1. The molecule has 0 saturated heterocycles. The van der Waals surface area contributed by atoms with Gasteiger partial charge in [0.1, 0.15) is 11.6 Å². The molecule has 0 unspecified atom stereocenters. The van der Waals surface area contributed by atoms with Gasteiger partial charge >= 0.3 is 0 Å². The molecule has 0 bridgehead atoms. The number of carbonyl (C=O) groups is 2. The second-order valence-corrected chi connectivity index (χ2v) is 8.31. The molecule has 33 heavy (non-hydrogen) atoms. The highest BCUT2D eigenvalue weighted by Gasteiger charge is 2.29. The maximum atomic E-state index is 13.2. The molecule has 1 heterocycles. The fraction of sp³-hybridized carbons (Fsp3) is 0.231. The standard InChI is InChI=1S/C26H24ClFN2O3/c1-2-23-26(32)30(14-13-17-7-9-19(28)10-8-17)16-18-15-20(11-12-24(18)33-23)29-25(31)21-5-3-4-6-22(21)27/h3-12,15,23H,2,13-14,16H2,1H3,(H,29,31)/t23-/m1/s1. The number of anilines is 1. The Morgan fingerprint density at radius 3 is 2.64 bits per heavy atom. The molecular formula is C26H24ClFN2O3. The Bertz CT molecular complexity index is 1170. The van der Waals surface area contributed by atoms with Crippen LogP contribution in [-0.2, 0) is 17.8 Å². The summed E-state index contributed by atoms with van der Waals surface area (Å²) in [6, 6.07) is 18.5. The van der Waals surface area contributed by atoms with Crippen molar-refractivity contribution in [3.8, 4) is 5.75 Å². The van der Waals surface area contributed by atoms with E-state index in [0.29, 0.717) is 48.0 Å². The van der Waals surface area contributed by atoms with Crippen molar-refractivity contribution in [3.05, 3.63) is 94.3 Å². The molecule has 1 atom stereocenters. The number of hydrogen-bond acceptors (Lipinski definition) is 3. The van der Waals surface area contributed by atoms with Gasteiger partial charge in [-0.25, -0.2) is 4.39 Å². The largest absolute Gasteiger partial charge is 0.480 e. The number of amides is 2. The van der Waals surface area contributed by atoms with Gasteiger partial charge in [-0.3, -0.25) is 9.59 Å². The fourth-order valence-corrected chi connectivity index (χ4v) is 4.01. The van der Waals surface area contributed by atoms with E-state index in [9.17, 15) is 14.0 Å². The molecule has 0 aromatic heterocycles. The molecule has 5 nitrogen and oxygen atoms in total. The highest BCUT2D eigenvalue weighted by Crippen LogP contribution is 2.30. The Balaban J connectivity index is 1.54. The van der Waals surface area contributed by atoms with Gasteiger partial charge in [-0.1, -0.05) is 42.8 Å². The summed E-state index contributed by atoms with van der Waals surface area (Å²) >= 11 is 6.14. The molecule has 0 spiro atoms. The first-order valence-corrected chi connectivity index (χ1v) is 11.2. The Kier molecular flexibility index (Phi) is 6.94. The third-order valence-corrected chi connectivity index (χ3v) is 5.94. The second-order valence-electron chi connectivity index (χ2n) is 7.91. The summed E-state index contributed by atoms with van der Waals surface area (Å²) in [5, 5.41) is 3.24. The highest BCUT2D eigenvalue weighted by atomic mass is 35.5. The maximum Gasteiger partial charge on any atom is 0.263 e. The zero-order valence-electron chi connectivity index (χ0n) is 18.2. The third-order valence-electron chi connectivity index (χ3n) is 5.61. The summed E-state index contributed by atoms with van der Waals surface area (Å²) in [5.41, 5.74) is 2.72. The minimum atomic E-state index is -0.581. The summed E-state index contributed by atoms with van der Waals surface area (Å²) < 4.78 is 19.2. The van der Waals surface area contributed by atoms with Gasteiger partial charge < -0.3 is 15.0 Å². The van der Waals surface area contributed by atoms with E-state index in [4.69, 9.17) is 16.3 Å². The van der Waals surface area contributed by atoms with Crippen LogP contribution in [0.2, 0.25) is 5.02 Å². The predicted molar refractivity (Wildman–Crippen MR) is 126 cm³/mol. The normalized spacial score (nSPS) is 15.4. The van der Waals surface area contributed by atoms with Crippen LogP contribution in [0.1, 0.15) is 34.8 Å². The fourth-order valence-electron chi connectivity index (χ4n) is 3.79. The van der Waals surface area contributed by atoms with Gasteiger partial charge in [0, 0.05) is 24.3 Å². The number of halogens is 2. The van der Waals surface area contributed by atoms with Crippen molar-refractivity contribution in [2.45, 2.75) is 32.4 Å². The number of nitrogens with one attached hydrogen (secondary N) is 1. The van der Waals surface area contributed by atoms with E-state index in [1.54, 1.807) is 53.4 Å². The lowest BCUT2D eigenvalue weighted by molar-refractivity contribution is -0.138. The number of ether oxygens (including phenoxy) is 1. The maximum absolute atomic E-state index is 13.2. The molecule has 0 fully saturated rings. The number of benzene rings is 3. The summed E-state index contributed by atoms with van der Waals surface area (Å²) in [5.74, 6) is -0.0669. The van der Waals surface area contributed by atoms with Gasteiger partial charge in [0.05, 0.1) is 10.6 Å². The van der Waals surface area contributed by atoms with Crippen LogP contribution in [0.3, 0.4) is 0 Å². The van der Waals surface area contributed by atoms with Crippen molar-refractivity contribution in [2.24, 2.45) is 0 Å². The SMILES string of the molecule is CC[C@H]1Oc2ccc(NC(=O)c3ccccc3Cl)cc2CN(CCc2ccc(F)cc2)C1=O. The topological polar surface area (TPSA) is 58.6 Å². The minimum absolute atomic E-state index is 0.0857. The number of rotatable bonds is 6. The first-order chi connectivity index (χ1) is 15.9. The van der Waals surface area contributed by atoms with E-state index in [1.165, 1.54) is 12.1 Å². The van der Waals surface area contributed by atoms with Gasteiger partial charge in [0.2, 0.25) is 0 Å². The Labute approximate surface area is 197 Å². The Hall–Kier alpha value is -3.38. The lowest BCUT2D eigenvalue weighted by Gasteiger charge is -2.23. The lowest BCUT2D eigenvalue weighted by atomic mass is 10.1. The lowest BCUT2D eigenvalue weighted by Crippen LogP contribution is -2.40. The van der Waals surface area contributed by atoms with E-state index < -0.39 is 6.10 Å². The van der Waals surface area contributed by atoms with Crippen LogP contribution in [0.5, 0.6) is 5.75 Å². The molecule has 3 aromatic carbocycles. The van der Waals surface area contributed by atoms with Crippen LogP contribution in [0.4, 0.5) is 10.1 Å². The molecule has 0 saturated carbocycles. The van der Waals surface area contributed by atoms with Gasteiger partial charge in [-0.2, -0.15) is 0 Å². The first kappa shape index (κ1) is 22.8. The molecule has 2 amide bonds. The number of fused-ring (bicyclic) bond motifs is 1. The van der Waals surface area contributed by atoms with E-state index >= 15 is 0 Å². The van der Waals surface area contributed by atoms with Gasteiger partial charge in [0.15, 0.2) is 6.10 Å². The molecule has 4 rings (SSSR count). The van der Waals surface area contributed by atoms with E-state index in [2.05, 4.69) is 5.32 Å². The second kappa shape index (κ2) is 10.0. The molecule has 3 aromatic rings. The van der Waals surface area contributed by atoms with Gasteiger partial charge in [-0.15, -0.1) is 0 Å². The average Bonchev–Trinajstić information content (AvgIpc) is 2.94. The molecular weight excluding hydrogens is 443 g/mol. The summed E-state index contributed by atoms with van der Waals surface area (Å²) in [6.07, 6.45) is 0.555. The molecule has 1 N–H and O–H groups in total. The molecule has 1 aliphatic heterocycles. The average molecular weight is 467 g/mol. The van der Waals surface area contributed by atoms with Crippen molar-refractivity contribution in [1.29, 1.82) is 0 Å². The minimum Gasteiger partial charge on any atom is -0.480 e. The summed E-state index contributed by atoms with van der Waals surface area (Å²) in [7, 11) is 0. The molecule has 0 aliphatic carbocycles. The van der Waals surface area contributed by atoms with Crippen LogP contribution in [0.25, 0.3) is 0 Å². The molecule has 0 radical (unpaired) electrons. The van der Waals surface area contributed by atoms with Gasteiger partial charge in [0.25, 0.3) is 11.8 Å². The Morgan fingerprint density at radius 2 is 1.91 bits per heavy atom. The van der Waals surface area contributed by atoms with Crippen molar-refractivity contribution >= 4 is 29.1 Å². The van der Waals surface area contributed by atoms with E-state index in [1.807, 2.05) is 13.0 Å². The van der Waals surface area contributed by atoms with Crippen molar-refractivity contribution in [1.82, 2.24) is 4.90 Å². The number of hydrogen-bond donors (Lipinski definition) is 1. The Morgan fingerprint density at radius 1 is 1.15 bits per heavy atom. The molecule has 7 heteroatoms. The zero-order chi connectivity index (χ0) is 23.4. The van der Waals surface area contributed by atoms with Crippen molar-refractivity contribution < 1.29 is 18.7 Å². The monoisotopic (exact) mass is 466 g/mol. The number of carbonyl (C=O) groups excluding carboxylic acids is 2. The molecule has 170 valence electrons.